The summed E-state index contributed by atoms with van der Waals surface area (Å²) in [5, 5.41) is 4.20. The van der Waals surface area contributed by atoms with Crippen LogP contribution in [0.1, 0.15) is 10.9 Å². The van der Waals surface area contributed by atoms with E-state index in [1.807, 2.05) is 5.38 Å². The van der Waals surface area contributed by atoms with E-state index in [-0.39, 0.29) is 10.7 Å². The van der Waals surface area contributed by atoms with Crippen molar-refractivity contribution >= 4 is 34.5 Å². The van der Waals surface area contributed by atoms with Crippen LogP contribution in [0.3, 0.4) is 0 Å². The van der Waals surface area contributed by atoms with Gasteiger partial charge in [-0.2, -0.15) is 0 Å². The third-order valence-corrected chi connectivity index (χ3v) is 3.59. The van der Waals surface area contributed by atoms with Gasteiger partial charge in [0.2, 0.25) is 5.91 Å². The first kappa shape index (κ1) is 13.0. The molecule has 0 aliphatic rings. The summed E-state index contributed by atoms with van der Waals surface area (Å²) in [6.45, 7) is 0. The first-order chi connectivity index (χ1) is 8.59. The minimum absolute atomic E-state index is 0.0273. The number of carbonyl (C=O) groups is 1. The van der Waals surface area contributed by atoms with Crippen molar-refractivity contribution in [1.29, 1.82) is 0 Å². The van der Waals surface area contributed by atoms with Gasteiger partial charge in [-0.15, -0.1) is 11.3 Å². The molecule has 3 N–H and O–H groups in total. The van der Waals surface area contributed by atoms with Gasteiger partial charge in [0.05, 0.1) is 10.7 Å². The molecule has 18 heavy (non-hydrogen) atoms. The highest BCUT2D eigenvalue weighted by Crippen LogP contribution is 2.24. The van der Waals surface area contributed by atoms with E-state index in [4.69, 9.17) is 17.3 Å². The molecule has 0 saturated heterocycles. The highest BCUT2D eigenvalue weighted by atomic mass is 35.5. The van der Waals surface area contributed by atoms with Crippen molar-refractivity contribution in [2.24, 2.45) is 5.73 Å². The van der Waals surface area contributed by atoms with Crippen molar-refractivity contribution in [2.45, 2.75) is 6.04 Å². The Bertz CT molecular complexity index is 559. The molecule has 2 aromatic rings. The topological polar surface area (TPSA) is 55.1 Å². The van der Waals surface area contributed by atoms with Crippen LogP contribution in [0, 0.1) is 5.82 Å². The molecule has 1 amide bonds. The van der Waals surface area contributed by atoms with Gasteiger partial charge in [-0.05, 0) is 23.6 Å². The molecule has 1 aromatic heterocycles. The molecule has 1 unspecified atom stereocenters. The Morgan fingerprint density at radius 1 is 1.39 bits per heavy atom. The minimum atomic E-state index is -0.816. The largest absolute Gasteiger partial charge is 0.322 e. The number of nitrogens with one attached hydrogen (secondary N) is 1. The van der Waals surface area contributed by atoms with Gasteiger partial charge >= 0.3 is 0 Å². The molecule has 1 atom stereocenters. The Labute approximate surface area is 112 Å². The Hall–Kier alpha value is -1.43. The zero-order valence-electron chi connectivity index (χ0n) is 9.19. The van der Waals surface area contributed by atoms with Gasteiger partial charge in [-0.25, -0.2) is 4.39 Å². The highest BCUT2D eigenvalue weighted by Gasteiger charge is 2.18. The zero-order valence-corrected chi connectivity index (χ0v) is 10.8. The lowest BCUT2D eigenvalue weighted by atomic mass is 10.2. The molecular weight excluding hydrogens is 275 g/mol. The first-order valence-corrected chi connectivity index (χ1v) is 6.39. The fourth-order valence-corrected chi connectivity index (χ4v) is 2.31. The summed E-state index contributed by atoms with van der Waals surface area (Å²) in [5.41, 5.74) is 5.79. The normalized spacial score (nSPS) is 12.2. The third-order valence-electron chi connectivity index (χ3n) is 2.34. The molecule has 0 bridgehead atoms. The summed E-state index contributed by atoms with van der Waals surface area (Å²) in [5.74, 6) is -1.13. The molecule has 0 spiro atoms. The van der Waals surface area contributed by atoms with E-state index in [1.165, 1.54) is 23.5 Å². The molecule has 3 nitrogen and oxygen atoms in total. The van der Waals surface area contributed by atoms with E-state index in [2.05, 4.69) is 5.32 Å². The molecule has 0 saturated carbocycles. The molecule has 6 heteroatoms. The predicted molar refractivity (Wildman–Crippen MR) is 71.3 cm³/mol. The standard InChI is InChI=1S/C12H10ClFN2OS/c13-7-3-1-4-8(10(7)14)16-12(17)11(15)9-5-2-6-18-9/h1-6,11H,15H2,(H,16,17). The van der Waals surface area contributed by atoms with Gasteiger partial charge in [-0.1, -0.05) is 23.7 Å². The SMILES string of the molecule is NC(C(=O)Nc1cccc(Cl)c1F)c1cccs1. The summed E-state index contributed by atoms with van der Waals surface area (Å²) in [7, 11) is 0. The number of rotatable bonds is 3. The lowest BCUT2D eigenvalue weighted by Crippen LogP contribution is -2.27. The van der Waals surface area contributed by atoms with Crippen LogP contribution in [0.2, 0.25) is 5.02 Å². The van der Waals surface area contributed by atoms with Gasteiger partial charge in [0.15, 0.2) is 5.82 Å². The van der Waals surface area contributed by atoms with Crippen LogP contribution in [0.15, 0.2) is 35.7 Å². The number of carbonyl (C=O) groups excluding carboxylic acids is 1. The summed E-state index contributed by atoms with van der Waals surface area (Å²) in [6.07, 6.45) is 0. The smallest absolute Gasteiger partial charge is 0.246 e. The van der Waals surface area contributed by atoms with E-state index in [0.29, 0.717) is 0 Å². The fourth-order valence-electron chi connectivity index (χ4n) is 1.41. The first-order valence-electron chi connectivity index (χ1n) is 5.13. The van der Waals surface area contributed by atoms with Crippen molar-refractivity contribution < 1.29 is 9.18 Å². The van der Waals surface area contributed by atoms with Crippen molar-refractivity contribution in [3.05, 3.63) is 51.4 Å². The maximum absolute atomic E-state index is 13.6. The number of hydrogen-bond acceptors (Lipinski definition) is 3. The number of nitrogens with two attached hydrogens (primary N) is 1. The second-order valence-electron chi connectivity index (χ2n) is 3.58. The molecule has 0 fully saturated rings. The second kappa shape index (κ2) is 5.48. The third kappa shape index (κ3) is 2.69. The predicted octanol–water partition coefficient (Wildman–Crippen LogP) is 3.18. The number of hydrogen-bond donors (Lipinski definition) is 2. The molecule has 1 aromatic carbocycles. The molecule has 94 valence electrons. The monoisotopic (exact) mass is 284 g/mol. The summed E-state index contributed by atoms with van der Waals surface area (Å²) in [6, 6.07) is 7.13. The molecule has 1 heterocycles. The highest BCUT2D eigenvalue weighted by molar-refractivity contribution is 7.10. The average molecular weight is 285 g/mol. The Balaban J connectivity index is 2.14. The number of amides is 1. The molecular formula is C12H10ClFN2OS. The van der Waals surface area contributed by atoms with Crippen LogP contribution < -0.4 is 11.1 Å². The van der Waals surface area contributed by atoms with Gasteiger partial charge in [0, 0.05) is 4.88 Å². The molecule has 2 rings (SSSR count). The van der Waals surface area contributed by atoms with Gasteiger partial charge in [-0.3, -0.25) is 4.79 Å². The van der Waals surface area contributed by atoms with Crippen LogP contribution in [0.4, 0.5) is 10.1 Å². The summed E-state index contributed by atoms with van der Waals surface area (Å²) in [4.78, 5) is 12.6. The van der Waals surface area contributed by atoms with E-state index in [0.717, 1.165) is 4.88 Å². The lowest BCUT2D eigenvalue weighted by molar-refractivity contribution is -0.117. The number of benzene rings is 1. The molecule has 0 aliphatic carbocycles. The van der Waals surface area contributed by atoms with Crippen LogP contribution in [0.25, 0.3) is 0 Å². The minimum Gasteiger partial charge on any atom is -0.322 e. The van der Waals surface area contributed by atoms with Crippen LogP contribution in [-0.4, -0.2) is 5.91 Å². The van der Waals surface area contributed by atoms with E-state index in [9.17, 15) is 9.18 Å². The van der Waals surface area contributed by atoms with Crippen molar-refractivity contribution in [2.75, 3.05) is 5.32 Å². The van der Waals surface area contributed by atoms with Gasteiger partial charge in [0.25, 0.3) is 0 Å². The zero-order chi connectivity index (χ0) is 13.1. The lowest BCUT2D eigenvalue weighted by Gasteiger charge is -2.11. The maximum Gasteiger partial charge on any atom is 0.246 e. The Morgan fingerprint density at radius 3 is 2.83 bits per heavy atom. The van der Waals surface area contributed by atoms with Gasteiger partial charge < -0.3 is 11.1 Å². The van der Waals surface area contributed by atoms with E-state index < -0.39 is 17.8 Å². The van der Waals surface area contributed by atoms with Crippen LogP contribution >= 0.6 is 22.9 Å². The van der Waals surface area contributed by atoms with Crippen LogP contribution in [0.5, 0.6) is 0 Å². The second-order valence-corrected chi connectivity index (χ2v) is 4.97. The van der Waals surface area contributed by atoms with Crippen molar-refractivity contribution in [3.63, 3.8) is 0 Å². The molecule has 0 radical (unpaired) electrons. The fraction of sp³-hybridized carbons (Fsp3) is 0.0833. The Kier molecular flexibility index (Phi) is 3.96. The van der Waals surface area contributed by atoms with Crippen LogP contribution in [-0.2, 0) is 4.79 Å². The van der Waals surface area contributed by atoms with Crippen molar-refractivity contribution in [3.8, 4) is 0 Å². The summed E-state index contributed by atoms with van der Waals surface area (Å²) < 4.78 is 13.6. The number of halogens is 2. The van der Waals surface area contributed by atoms with E-state index in [1.54, 1.807) is 18.2 Å². The number of thiophene rings is 1. The maximum atomic E-state index is 13.6. The van der Waals surface area contributed by atoms with Crippen molar-refractivity contribution in [1.82, 2.24) is 0 Å². The van der Waals surface area contributed by atoms with Gasteiger partial charge in [0.1, 0.15) is 6.04 Å². The summed E-state index contributed by atoms with van der Waals surface area (Å²) >= 11 is 6.99. The quantitative estimate of drug-likeness (QED) is 0.909. The average Bonchev–Trinajstić information content (AvgIpc) is 2.87. The molecule has 0 aliphatic heterocycles. The van der Waals surface area contributed by atoms with E-state index >= 15 is 0 Å². The number of anilines is 1. The Morgan fingerprint density at radius 2 is 2.17 bits per heavy atom.